The van der Waals surface area contributed by atoms with Gasteiger partial charge in [0.05, 0.1) is 5.92 Å². The van der Waals surface area contributed by atoms with Crippen LogP contribution >= 0.6 is 0 Å². The largest absolute Gasteiger partial charge is 0.480 e. The van der Waals surface area contributed by atoms with Crippen LogP contribution < -0.4 is 10.6 Å². The van der Waals surface area contributed by atoms with E-state index in [1.807, 2.05) is 24.3 Å². The van der Waals surface area contributed by atoms with Crippen molar-refractivity contribution < 1.29 is 24.2 Å². The van der Waals surface area contributed by atoms with Crippen molar-refractivity contribution in [3.8, 4) is 11.1 Å². The van der Waals surface area contributed by atoms with E-state index < -0.39 is 24.5 Å². The van der Waals surface area contributed by atoms with Crippen LogP contribution in [0.15, 0.2) is 48.5 Å². The van der Waals surface area contributed by atoms with Crippen LogP contribution in [0.5, 0.6) is 0 Å². The van der Waals surface area contributed by atoms with Gasteiger partial charge in [0, 0.05) is 12.0 Å². The molecule has 1 fully saturated rings. The second-order valence-electron chi connectivity index (χ2n) is 8.08. The van der Waals surface area contributed by atoms with E-state index in [1.165, 1.54) is 0 Å². The Balaban J connectivity index is 1.39. The van der Waals surface area contributed by atoms with Gasteiger partial charge in [-0.05, 0) is 35.1 Å². The van der Waals surface area contributed by atoms with Gasteiger partial charge < -0.3 is 20.5 Å². The van der Waals surface area contributed by atoms with Gasteiger partial charge in [-0.3, -0.25) is 9.59 Å². The number of aliphatic carboxylic acids is 1. The number of benzene rings is 2. The maximum atomic E-state index is 12.6. The number of carbonyl (C=O) groups is 3. The Morgan fingerprint density at radius 2 is 1.55 bits per heavy atom. The molecule has 0 heterocycles. The third-order valence-corrected chi connectivity index (χ3v) is 6.16. The highest BCUT2D eigenvalue weighted by Gasteiger charge is 2.33. The Hall–Kier alpha value is -3.35. The van der Waals surface area contributed by atoms with Gasteiger partial charge in [-0.15, -0.1) is 0 Å². The number of hydrogen-bond acceptors (Lipinski definition) is 4. The first-order valence-electron chi connectivity index (χ1n) is 10.7. The van der Waals surface area contributed by atoms with E-state index >= 15 is 0 Å². The van der Waals surface area contributed by atoms with Gasteiger partial charge in [0.15, 0.2) is 0 Å². The molecule has 2 aliphatic rings. The fourth-order valence-electron chi connectivity index (χ4n) is 4.70. The summed E-state index contributed by atoms with van der Waals surface area (Å²) in [5.41, 5.74) is 4.60. The molecule has 2 aromatic rings. The lowest BCUT2D eigenvalue weighted by atomic mass is 9.84. The lowest BCUT2D eigenvalue weighted by Gasteiger charge is -2.30. The van der Waals surface area contributed by atoms with E-state index in [0.29, 0.717) is 12.8 Å². The van der Waals surface area contributed by atoms with Gasteiger partial charge in [0.1, 0.15) is 13.2 Å². The lowest BCUT2D eigenvalue weighted by Crippen LogP contribution is -2.49. The molecule has 1 saturated carbocycles. The number of alkyl carbamates (subject to hydrolysis) is 1. The van der Waals surface area contributed by atoms with Crippen LogP contribution in [-0.2, 0) is 14.3 Å². The third kappa shape index (κ3) is 4.55. The SMILES string of the molecule is O=C(O)CNC(=O)[C@H]1CCCC[C@H]1NC(=O)OCC1c2ccccc2-c2ccccc21. The Morgan fingerprint density at radius 3 is 2.19 bits per heavy atom. The molecule has 0 radical (unpaired) electrons. The average Bonchev–Trinajstić information content (AvgIpc) is 3.10. The normalized spacial score (nSPS) is 19.7. The van der Waals surface area contributed by atoms with E-state index in [0.717, 1.165) is 35.1 Å². The number of hydrogen-bond donors (Lipinski definition) is 3. The van der Waals surface area contributed by atoms with E-state index in [9.17, 15) is 14.4 Å². The molecule has 2 amide bonds. The Labute approximate surface area is 180 Å². The number of fused-ring (bicyclic) bond motifs is 3. The van der Waals surface area contributed by atoms with Crippen molar-refractivity contribution in [1.82, 2.24) is 10.6 Å². The zero-order valence-corrected chi connectivity index (χ0v) is 17.2. The van der Waals surface area contributed by atoms with Crippen LogP contribution in [0.25, 0.3) is 11.1 Å². The number of rotatable bonds is 6. The summed E-state index contributed by atoms with van der Waals surface area (Å²) < 4.78 is 5.59. The quantitative estimate of drug-likeness (QED) is 0.663. The monoisotopic (exact) mass is 422 g/mol. The zero-order chi connectivity index (χ0) is 21.8. The van der Waals surface area contributed by atoms with Crippen molar-refractivity contribution in [3.05, 3.63) is 59.7 Å². The molecule has 2 atom stereocenters. The molecule has 2 aromatic carbocycles. The van der Waals surface area contributed by atoms with Gasteiger partial charge in [-0.25, -0.2) is 4.79 Å². The standard InChI is InChI=1S/C24H26N2O5/c27-22(28)13-25-23(29)19-11-5-6-12-21(19)26-24(30)31-14-20-17-9-3-1-7-15(17)16-8-2-4-10-18(16)20/h1-4,7-10,19-21H,5-6,11-14H2,(H,25,29)(H,26,30)(H,27,28)/t19-,21+/m0/s1. The highest BCUT2D eigenvalue weighted by Crippen LogP contribution is 2.44. The van der Waals surface area contributed by atoms with Crippen LogP contribution in [-0.4, -0.2) is 42.3 Å². The third-order valence-electron chi connectivity index (χ3n) is 6.16. The van der Waals surface area contributed by atoms with Crippen LogP contribution in [0.3, 0.4) is 0 Å². The van der Waals surface area contributed by atoms with Crippen LogP contribution in [0.2, 0.25) is 0 Å². The van der Waals surface area contributed by atoms with Gasteiger partial charge >= 0.3 is 12.1 Å². The summed E-state index contributed by atoms with van der Waals surface area (Å²) in [6.45, 7) is -0.213. The first-order valence-corrected chi connectivity index (χ1v) is 10.7. The minimum absolute atomic E-state index is 0.0285. The maximum Gasteiger partial charge on any atom is 0.407 e. The van der Waals surface area contributed by atoms with Crippen molar-refractivity contribution >= 4 is 18.0 Å². The lowest BCUT2D eigenvalue weighted by molar-refractivity contribution is -0.139. The van der Waals surface area contributed by atoms with Gasteiger partial charge in [-0.1, -0.05) is 61.4 Å². The first kappa shape index (κ1) is 20.9. The molecular weight excluding hydrogens is 396 g/mol. The second-order valence-corrected chi connectivity index (χ2v) is 8.08. The van der Waals surface area contributed by atoms with E-state index in [1.54, 1.807) is 0 Å². The first-order chi connectivity index (χ1) is 15.0. The molecule has 7 nitrogen and oxygen atoms in total. The van der Waals surface area contributed by atoms with Crippen molar-refractivity contribution in [2.24, 2.45) is 5.92 Å². The Morgan fingerprint density at radius 1 is 0.935 bits per heavy atom. The molecule has 0 unspecified atom stereocenters. The molecule has 0 saturated heterocycles. The van der Waals surface area contributed by atoms with E-state index in [4.69, 9.17) is 9.84 Å². The molecule has 2 aliphatic carbocycles. The van der Waals surface area contributed by atoms with Crippen molar-refractivity contribution in [2.75, 3.05) is 13.2 Å². The Bertz CT molecular complexity index is 944. The summed E-state index contributed by atoms with van der Waals surface area (Å²) >= 11 is 0. The van der Waals surface area contributed by atoms with Crippen LogP contribution in [0.4, 0.5) is 4.79 Å². The number of carboxylic acids is 1. The molecule has 162 valence electrons. The summed E-state index contributed by atoms with van der Waals surface area (Å²) in [7, 11) is 0. The molecule has 0 bridgehead atoms. The molecule has 0 aliphatic heterocycles. The number of nitrogens with one attached hydrogen (secondary N) is 2. The van der Waals surface area contributed by atoms with Crippen molar-refractivity contribution in [3.63, 3.8) is 0 Å². The van der Waals surface area contributed by atoms with E-state index in [-0.39, 0.29) is 24.5 Å². The Kier molecular flexibility index (Phi) is 6.21. The van der Waals surface area contributed by atoms with Gasteiger partial charge in [0.2, 0.25) is 5.91 Å². The fraction of sp³-hybridized carbons (Fsp3) is 0.375. The number of carbonyl (C=O) groups excluding carboxylic acids is 2. The number of ether oxygens (including phenoxy) is 1. The number of amides is 2. The predicted octanol–water partition coefficient (Wildman–Crippen LogP) is 3.28. The topological polar surface area (TPSA) is 105 Å². The summed E-state index contributed by atoms with van der Waals surface area (Å²) in [5.74, 6) is -1.91. The molecule has 0 spiro atoms. The van der Waals surface area contributed by atoms with Crippen molar-refractivity contribution in [2.45, 2.75) is 37.6 Å². The molecule has 31 heavy (non-hydrogen) atoms. The van der Waals surface area contributed by atoms with Crippen molar-refractivity contribution in [1.29, 1.82) is 0 Å². The average molecular weight is 422 g/mol. The highest BCUT2D eigenvalue weighted by molar-refractivity contribution is 5.84. The molecular formula is C24H26N2O5. The van der Waals surface area contributed by atoms with Crippen LogP contribution in [0.1, 0.15) is 42.7 Å². The van der Waals surface area contributed by atoms with Crippen LogP contribution in [0, 0.1) is 5.92 Å². The van der Waals surface area contributed by atoms with Gasteiger partial charge in [0.25, 0.3) is 0 Å². The molecule has 4 rings (SSSR count). The summed E-state index contributed by atoms with van der Waals surface area (Å²) in [4.78, 5) is 35.7. The number of carboxylic acid groups (broad SMARTS) is 1. The smallest absolute Gasteiger partial charge is 0.407 e. The second kappa shape index (κ2) is 9.20. The summed E-state index contributed by atoms with van der Waals surface area (Å²) in [6.07, 6.45) is 2.49. The maximum absolute atomic E-state index is 12.6. The van der Waals surface area contributed by atoms with E-state index in [2.05, 4.69) is 34.9 Å². The highest BCUT2D eigenvalue weighted by atomic mass is 16.5. The fourth-order valence-corrected chi connectivity index (χ4v) is 4.70. The minimum atomic E-state index is -1.09. The molecule has 0 aromatic heterocycles. The van der Waals surface area contributed by atoms with Gasteiger partial charge in [-0.2, -0.15) is 0 Å². The summed E-state index contributed by atoms with van der Waals surface area (Å²) in [6, 6.07) is 15.9. The zero-order valence-electron chi connectivity index (χ0n) is 17.2. The summed E-state index contributed by atoms with van der Waals surface area (Å²) in [5, 5.41) is 14.0. The minimum Gasteiger partial charge on any atom is -0.480 e. The molecule has 7 heteroatoms. The molecule has 3 N–H and O–H groups in total. The predicted molar refractivity (Wildman–Crippen MR) is 115 cm³/mol.